The Kier molecular flexibility index (Phi) is 15.1. The van der Waals surface area contributed by atoms with Crippen LogP contribution in [0.4, 0.5) is 11.4 Å². The lowest BCUT2D eigenvalue weighted by Crippen LogP contribution is -2.19. The Morgan fingerprint density at radius 2 is 1.18 bits per heavy atom. The van der Waals surface area contributed by atoms with Gasteiger partial charge >= 0.3 is 0 Å². The largest absolute Gasteiger partial charge is 0.356 e. The molecule has 0 saturated carbocycles. The third-order valence-electron chi connectivity index (χ3n) is 13.4. The van der Waals surface area contributed by atoms with Crippen molar-refractivity contribution in [3.63, 3.8) is 0 Å². The molecule has 0 radical (unpaired) electrons. The molecule has 4 aromatic carbocycles. The maximum Gasteiger partial charge on any atom is 0.0390 e. The van der Waals surface area contributed by atoms with Gasteiger partial charge in [-0.1, -0.05) is 178 Å². The van der Waals surface area contributed by atoms with E-state index in [1.54, 1.807) is 16.7 Å². The lowest BCUT2D eigenvalue weighted by Gasteiger charge is -2.31. The lowest BCUT2D eigenvalue weighted by atomic mass is 9.74. The second-order valence-electron chi connectivity index (χ2n) is 17.2. The van der Waals surface area contributed by atoms with Crippen molar-refractivity contribution in [1.82, 2.24) is 0 Å². The minimum Gasteiger partial charge on any atom is -0.356 e. The molecular weight excluding hydrogens is 663 g/mol. The number of hydrogen-bond acceptors (Lipinski definition) is 1. The highest BCUT2D eigenvalue weighted by Gasteiger charge is 2.27. The van der Waals surface area contributed by atoms with Crippen LogP contribution in [0, 0.1) is 5.92 Å². The summed E-state index contributed by atoms with van der Waals surface area (Å²) < 4.78 is 0. The Morgan fingerprint density at radius 3 is 1.84 bits per heavy atom. The molecule has 1 nitrogen and oxygen atoms in total. The third-order valence-corrected chi connectivity index (χ3v) is 13.4. The van der Waals surface area contributed by atoms with Gasteiger partial charge in [0.05, 0.1) is 0 Å². The van der Waals surface area contributed by atoms with Gasteiger partial charge in [-0.25, -0.2) is 0 Å². The first-order valence-electron chi connectivity index (χ1n) is 22.6. The van der Waals surface area contributed by atoms with E-state index in [1.165, 1.54) is 155 Å². The van der Waals surface area contributed by atoms with Gasteiger partial charge in [0.15, 0.2) is 0 Å². The fraction of sp³-hybridized carbons (Fsp3) is 0.481. The predicted octanol–water partition coefficient (Wildman–Crippen LogP) is 16.6. The smallest absolute Gasteiger partial charge is 0.0390 e. The van der Waals surface area contributed by atoms with Crippen molar-refractivity contribution < 1.29 is 0 Å². The van der Waals surface area contributed by atoms with Gasteiger partial charge in [-0.2, -0.15) is 0 Å². The van der Waals surface area contributed by atoms with E-state index in [0.717, 1.165) is 17.8 Å². The third kappa shape index (κ3) is 10.7. The average Bonchev–Trinajstić information content (AvgIpc) is 3.21. The SMILES string of the molecule is CCCCCCCCC1=C(c2ccc(C(C)(CC)CC)cc2)CC(CCCCCCCC)C(c2ccc(Nc3cccc(-c4ccc5c(c4)CC5)c3)cc2)=C1. The summed E-state index contributed by atoms with van der Waals surface area (Å²) in [5.74, 6) is 0.546. The summed E-state index contributed by atoms with van der Waals surface area (Å²) in [6.45, 7) is 11.8. The molecule has 4 aromatic rings. The molecule has 1 N–H and O–H groups in total. The minimum absolute atomic E-state index is 0.250. The zero-order valence-corrected chi connectivity index (χ0v) is 35.2. The predicted molar refractivity (Wildman–Crippen MR) is 242 cm³/mol. The fourth-order valence-electron chi connectivity index (χ4n) is 9.05. The zero-order valence-electron chi connectivity index (χ0n) is 35.2. The van der Waals surface area contributed by atoms with Gasteiger partial charge in [0, 0.05) is 11.4 Å². The number of benzene rings is 4. The average molecular weight is 734 g/mol. The van der Waals surface area contributed by atoms with Crippen LogP contribution < -0.4 is 5.32 Å². The monoisotopic (exact) mass is 734 g/mol. The summed E-state index contributed by atoms with van der Waals surface area (Å²) in [6.07, 6.45) is 27.2. The molecule has 0 saturated heterocycles. The van der Waals surface area contributed by atoms with Crippen LogP contribution in [0.5, 0.6) is 0 Å². The highest BCUT2D eigenvalue weighted by atomic mass is 14.9. The quantitative estimate of drug-likeness (QED) is 0.0793. The Balaban J connectivity index is 1.26. The number of unbranched alkanes of at least 4 members (excludes halogenated alkanes) is 10. The Hall–Kier alpha value is -3.84. The molecule has 1 atom stereocenters. The van der Waals surface area contributed by atoms with Crippen LogP contribution in [-0.4, -0.2) is 0 Å². The molecule has 2 aliphatic carbocycles. The number of rotatable bonds is 22. The van der Waals surface area contributed by atoms with Gasteiger partial charge in [0.25, 0.3) is 0 Å². The maximum absolute atomic E-state index is 3.73. The van der Waals surface area contributed by atoms with E-state index in [-0.39, 0.29) is 5.41 Å². The molecule has 0 spiro atoms. The van der Waals surface area contributed by atoms with Crippen LogP contribution in [0.1, 0.15) is 172 Å². The summed E-state index contributed by atoms with van der Waals surface area (Å²) in [6, 6.07) is 35.1. The van der Waals surface area contributed by atoms with Gasteiger partial charge in [-0.15, -0.1) is 0 Å². The second kappa shape index (κ2) is 20.4. The van der Waals surface area contributed by atoms with Gasteiger partial charge in [-0.3, -0.25) is 0 Å². The van der Waals surface area contributed by atoms with Crippen molar-refractivity contribution >= 4 is 22.5 Å². The minimum atomic E-state index is 0.250. The molecule has 0 fully saturated rings. The molecule has 1 unspecified atom stereocenters. The lowest BCUT2D eigenvalue weighted by molar-refractivity contribution is 0.439. The van der Waals surface area contributed by atoms with E-state index in [2.05, 4.69) is 137 Å². The number of nitrogens with one attached hydrogen (secondary N) is 1. The molecule has 6 rings (SSSR count). The van der Waals surface area contributed by atoms with Crippen molar-refractivity contribution in [3.05, 3.63) is 130 Å². The van der Waals surface area contributed by atoms with Crippen LogP contribution in [0.15, 0.2) is 103 Å². The molecule has 0 aliphatic heterocycles. The van der Waals surface area contributed by atoms with Gasteiger partial charge in [0.2, 0.25) is 0 Å². The Morgan fingerprint density at radius 1 is 0.564 bits per heavy atom. The second-order valence-corrected chi connectivity index (χ2v) is 17.2. The van der Waals surface area contributed by atoms with E-state index >= 15 is 0 Å². The zero-order chi connectivity index (χ0) is 38.5. The number of allylic oxidation sites excluding steroid dienone is 4. The normalized spacial score (nSPS) is 15.4. The molecule has 0 heterocycles. The Bertz CT molecular complexity index is 1850. The maximum atomic E-state index is 3.73. The number of aryl methyl sites for hydroxylation is 2. The number of anilines is 2. The van der Waals surface area contributed by atoms with Crippen LogP contribution in [0.3, 0.4) is 0 Å². The van der Waals surface area contributed by atoms with Crippen LogP contribution in [0.25, 0.3) is 22.3 Å². The molecule has 55 heavy (non-hydrogen) atoms. The summed E-state index contributed by atoms with van der Waals surface area (Å²) in [5, 5.41) is 3.73. The van der Waals surface area contributed by atoms with Gasteiger partial charge < -0.3 is 5.32 Å². The molecule has 2 aliphatic rings. The van der Waals surface area contributed by atoms with E-state index in [4.69, 9.17) is 0 Å². The van der Waals surface area contributed by atoms with E-state index < -0.39 is 0 Å². The van der Waals surface area contributed by atoms with E-state index in [0.29, 0.717) is 5.92 Å². The van der Waals surface area contributed by atoms with E-state index in [9.17, 15) is 0 Å². The van der Waals surface area contributed by atoms with Crippen molar-refractivity contribution in [2.45, 2.75) is 162 Å². The molecule has 292 valence electrons. The Labute approximate surface area is 336 Å². The van der Waals surface area contributed by atoms with Crippen molar-refractivity contribution in [2.75, 3.05) is 5.32 Å². The molecule has 0 amide bonds. The van der Waals surface area contributed by atoms with Crippen molar-refractivity contribution in [1.29, 1.82) is 0 Å². The standard InChI is InChI=1S/C54H71N/c1-6-10-12-14-16-18-21-47-40-53(43-31-35-50(36-32-43)55-51-24-20-23-44(38-51)46-28-26-41-25-27-45(41)37-46)48(22-19-17-15-13-11-7-2)39-52(47)42-29-33-49(34-30-42)54(5,8-3)9-4/h20,23-24,26,28-38,40,48,55H,6-19,21-22,25,27,39H2,1-5H3. The first-order chi connectivity index (χ1) is 26.9. The van der Waals surface area contributed by atoms with Gasteiger partial charge in [0.1, 0.15) is 0 Å². The molecular formula is C54H71N. The van der Waals surface area contributed by atoms with Crippen LogP contribution >= 0.6 is 0 Å². The summed E-state index contributed by atoms with van der Waals surface area (Å²) >= 11 is 0. The molecule has 0 bridgehead atoms. The summed E-state index contributed by atoms with van der Waals surface area (Å²) in [5.41, 5.74) is 17.3. The first kappa shape index (κ1) is 40.8. The first-order valence-corrected chi connectivity index (χ1v) is 22.6. The molecule has 1 heteroatoms. The number of fused-ring (bicyclic) bond motifs is 1. The van der Waals surface area contributed by atoms with Crippen LogP contribution in [-0.2, 0) is 18.3 Å². The fourth-order valence-corrected chi connectivity index (χ4v) is 9.05. The number of hydrogen-bond donors (Lipinski definition) is 1. The van der Waals surface area contributed by atoms with Gasteiger partial charge in [-0.05, 0) is 143 Å². The molecule has 0 aromatic heterocycles. The van der Waals surface area contributed by atoms with Crippen molar-refractivity contribution in [3.8, 4) is 11.1 Å². The van der Waals surface area contributed by atoms with Crippen molar-refractivity contribution in [2.24, 2.45) is 5.92 Å². The highest BCUT2D eigenvalue weighted by Crippen LogP contribution is 2.44. The topological polar surface area (TPSA) is 12.0 Å². The highest BCUT2D eigenvalue weighted by molar-refractivity contribution is 5.83. The van der Waals surface area contributed by atoms with E-state index in [1.807, 2.05) is 0 Å². The summed E-state index contributed by atoms with van der Waals surface area (Å²) in [4.78, 5) is 0. The summed E-state index contributed by atoms with van der Waals surface area (Å²) in [7, 11) is 0. The van der Waals surface area contributed by atoms with Crippen LogP contribution in [0.2, 0.25) is 0 Å².